The summed E-state index contributed by atoms with van der Waals surface area (Å²) in [5, 5.41) is 21.9. The first-order valence-corrected chi connectivity index (χ1v) is 6.16. The van der Waals surface area contributed by atoms with E-state index in [0.717, 1.165) is 11.3 Å². The first-order valence-electron chi connectivity index (χ1n) is 6.16. The van der Waals surface area contributed by atoms with Crippen LogP contribution in [0.2, 0.25) is 0 Å². The van der Waals surface area contributed by atoms with Crippen LogP contribution in [0.5, 0.6) is 5.75 Å². The van der Waals surface area contributed by atoms with Crippen LogP contribution in [0.15, 0.2) is 24.3 Å². The van der Waals surface area contributed by atoms with Gasteiger partial charge in [-0.05, 0) is 38.5 Å². The van der Waals surface area contributed by atoms with Crippen LogP contribution in [0.3, 0.4) is 0 Å². The van der Waals surface area contributed by atoms with Crippen molar-refractivity contribution in [2.45, 2.75) is 32.4 Å². The van der Waals surface area contributed by atoms with Gasteiger partial charge in [-0.3, -0.25) is 0 Å². The Labute approximate surface area is 109 Å². The highest BCUT2D eigenvalue weighted by Crippen LogP contribution is 2.12. The van der Waals surface area contributed by atoms with Crippen LogP contribution in [-0.4, -0.2) is 41.6 Å². The summed E-state index contributed by atoms with van der Waals surface area (Å²) in [6.07, 6.45) is -0.601. The van der Waals surface area contributed by atoms with Gasteiger partial charge in [0.05, 0.1) is 6.61 Å². The number of ether oxygens (including phenoxy) is 1. The summed E-state index contributed by atoms with van der Waals surface area (Å²) in [6.45, 7) is 6.40. The summed E-state index contributed by atoms with van der Waals surface area (Å²) in [5.74, 6) is 0.760. The monoisotopic (exact) mass is 253 g/mol. The van der Waals surface area contributed by atoms with Crippen LogP contribution in [0.1, 0.15) is 19.4 Å². The second-order valence-electron chi connectivity index (χ2n) is 5.20. The lowest BCUT2D eigenvalue weighted by Gasteiger charge is -2.25. The number of hydrogen-bond donors (Lipinski definition) is 3. The van der Waals surface area contributed by atoms with Crippen molar-refractivity contribution in [3.8, 4) is 5.75 Å². The van der Waals surface area contributed by atoms with Crippen molar-refractivity contribution in [3.05, 3.63) is 29.8 Å². The molecule has 0 radical (unpaired) electrons. The predicted molar refractivity (Wildman–Crippen MR) is 71.8 cm³/mol. The van der Waals surface area contributed by atoms with Crippen molar-refractivity contribution in [2.24, 2.45) is 0 Å². The Morgan fingerprint density at radius 1 is 1.39 bits per heavy atom. The summed E-state index contributed by atoms with van der Waals surface area (Å²) < 4.78 is 5.49. The van der Waals surface area contributed by atoms with Gasteiger partial charge in [0.2, 0.25) is 0 Å². The zero-order valence-corrected chi connectivity index (χ0v) is 11.3. The van der Waals surface area contributed by atoms with Crippen molar-refractivity contribution in [3.63, 3.8) is 0 Å². The fourth-order valence-corrected chi connectivity index (χ4v) is 1.41. The second kappa shape index (κ2) is 6.73. The van der Waals surface area contributed by atoms with E-state index in [0.29, 0.717) is 6.54 Å². The Hall–Kier alpha value is -1.10. The fraction of sp³-hybridized carbons (Fsp3) is 0.571. The molecule has 4 nitrogen and oxygen atoms in total. The number of rotatable bonds is 7. The topological polar surface area (TPSA) is 61.7 Å². The largest absolute Gasteiger partial charge is 0.491 e. The lowest BCUT2D eigenvalue weighted by molar-refractivity contribution is 0.0906. The quantitative estimate of drug-likeness (QED) is 0.681. The Balaban J connectivity index is 2.31. The minimum absolute atomic E-state index is 0.0262. The zero-order chi connectivity index (χ0) is 13.6. The van der Waals surface area contributed by atoms with E-state index >= 15 is 0 Å². The number of hydrogen-bond acceptors (Lipinski definition) is 4. The smallest absolute Gasteiger partial charge is 0.119 e. The van der Waals surface area contributed by atoms with Crippen molar-refractivity contribution >= 4 is 0 Å². The zero-order valence-electron chi connectivity index (χ0n) is 11.3. The molecule has 4 heteroatoms. The number of aryl methyl sites for hydroxylation is 1. The van der Waals surface area contributed by atoms with Crippen molar-refractivity contribution in [1.82, 2.24) is 5.32 Å². The van der Waals surface area contributed by atoms with Gasteiger partial charge < -0.3 is 20.3 Å². The van der Waals surface area contributed by atoms with Gasteiger partial charge in [-0.2, -0.15) is 0 Å². The molecule has 0 saturated carbocycles. The highest BCUT2D eigenvalue weighted by Gasteiger charge is 2.17. The first kappa shape index (κ1) is 15.0. The molecule has 0 aliphatic carbocycles. The highest BCUT2D eigenvalue weighted by molar-refractivity contribution is 5.27. The van der Waals surface area contributed by atoms with E-state index in [2.05, 4.69) is 5.32 Å². The SMILES string of the molecule is Cc1cccc(OCC(O)CNC(C)(C)CO)c1. The van der Waals surface area contributed by atoms with Gasteiger partial charge in [0.15, 0.2) is 0 Å². The number of aliphatic hydroxyl groups is 2. The maximum absolute atomic E-state index is 9.77. The lowest BCUT2D eigenvalue weighted by Crippen LogP contribution is -2.47. The molecule has 0 bridgehead atoms. The lowest BCUT2D eigenvalue weighted by atomic mass is 10.1. The van der Waals surface area contributed by atoms with E-state index in [-0.39, 0.29) is 18.8 Å². The van der Waals surface area contributed by atoms with E-state index in [1.807, 2.05) is 45.0 Å². The average molecular weight is 253 g/mol. The van der Waals surface area contributed by atoms with Gasteiger partial charge in [0.1, 0.15) is 18.5 Å². The maximum Gasteiger partial charge on any atom is 0.119 e. The van der Waals surface area contributed by atoms with E-state index < -0.39 is 6.10 Å². The van der Waals surface area contributed by atoms with Crippen LogP contribution in [-0.2, 0) is 0 Å². The highest BCUT2D eigenvalue weighted by atomic mass is 16.5. The molecule has 3 N–H and O–H groups in total. The molecule has 1 unspecified atom stereocenters. The van der Waals surface area contributed by atoms with E-state index in [1.165, 1.54) is 0 Å². The van der Waals surface area contributed by atoms with Crippen LogP contribution < -0.4 is 10.1 Å². The van der Waals surface area contributed by atoms with Crippen LogP contribution in [0.4, 0.5) is 0 Å². The minimum Gasteiger partial charge on any atom is -0.491 e. The number of aliphatic hydroxyl groups excluding tert-OH is 2. The van der Waals surface area contributed by atoms with E-state index in [1.54, 1.807) is 0 Å². The third-order valence-corrected chi connectivity index (χ3v) is 2.64. The van der Waals surface area contributed by atoms with Gasteiger partial charge in [0.25, 0.3) is 0 Å². The molecule has 1 rings (SSSR count). The second-order valence-corrected chi connectivity index (χ2v) is 5.20. The van der Waals surface area contributed by atoms with Crippen LogP contribution in [0, 0.1) is 6.92 Å². The van der Waals surface area contributed by atoms with Gasteiger partial charge in [-0.25, -0.2) is 0 Å². The molecule has 0 heterocycles. The predicted octanol–water partition coefficient (Wildman–Crippen LogP) is 1.10. The minimum atomic E-state index is -0.601. The summed E-state index contributed by atoms with van der Waals surface area (Å²) in [7, 11) is 0. The third kappa shape index (κ3) is 5.49. The summed E-state index contributed by atoms with van der Waals surface area (Å²) in [4.78, 5) is 0. The fourth-order valence-electron chi connectivity index (χ4n) is 1.41. The number of β-amino-alcohol motifs (C(OH)–C–C–N with tert-alkyl or cyclic N) is 1. The Kier molecular flexibility index (Phi) is 5.59. The molecule has 0 amide bonds. The summed E-state index contributed by atoms with van der Waals surface area (Å²) in [5.41, 5.74) is 0.742. The van der Waals surface area contributed by atoms with Crippen LogP contribution in [0.25, 0.3) is 0 Å². The third-order valence-electron chi connectivity index (χ3n) is 2.64. The molecular weight excluding hydrogens is 230 g/mol. The maximum atomic E-state index is 9.77. The van der Waals surface area contributed by atoms with Gasteiger partial charge in [0, 0.05) is 12.1 Å². The first-order chi connectivity index (χ1) is 8.43. The Bertz CT molecular complexity index is 366. The van der Waals surface area contributed by atoms with E-state index in [4.69, 9.17) is 9.84 Å². The molecule has 1 aromatic rings. The molecule has 0 saturated heterocycles. The van der Waals surface area contributed by atoms with Gasteiger partial charge in [-0.1, -0.05) is 12.1 Å². The number of nitrogens with one attached hydrogen (secondary N) is 1. The Morgan fingerprint density at radius 3 is 2.72 bits per heavy atom. The molecule has 0 aromatic heterocycles. The standard InChI is InChI=1S/C14H23NO3/c1-11-5-4-6-13(7-11)18-9-12(17)8-15-14(2,3)10-16/h4-7,12,15-17H,8-10H2,1-3H3. The molecule has 1 atom stereocenters. The average Bonchev–Trinajstić information content (AvgIpc) is 2.34. The van der Waals surface area contributed by atoms with Gasteiger partial charge in [-0.15, -0.1) is 0 Å². The molecule has 0 aliphatic heterocycles. The van der Waals surface area contributed by atoms with E-state index in [9.17, 15) is 5.11 Å². The van der Waals surface area contributed by atoms with Crippen molar-refractivity contribution in [1.29, 1.82) is 0 Å². The van der Waals surface area contributed by atoms with Crippen molar-refractivity contribution in [2.75, 3.05) is 19.8 Å². The molecule has 102 valence electrons. The molecule has 0 spiro atoms. The molecule has 18 heavy (non-hydrogen) atoms. The number of benzene rings is 1. The summed E-state index contributed by atoms with van der Waals surface area (Å²) in [6, 6.07) is 7.71. The summed E-state index contributed by atoms with van der Waals surface area (Å²) >= 11 is 0. The van der Waals surface area contributed by atoms with Gasteiger partial charge >= 0.3 is 0 Å². The normalized spacial score (nSPS) is 13.4. The molecular formula is C14H23NO3. The van der Waals surface area contributed by atoms with Crippen LogP contribution >= 0.6 is 0 Å². The Morgan fingerprint density at radius 2 is 2.11 bits per heavy atom. The molecule has 0 fully saturated rings. The molecule has 0 aliphatic rings. The molecule has 1 aromatic carbocycles. The van der Waals surface area contributed by atoms with Crippen molar-refractivity contribution < 1.29 is 14.9 Å².